The molecule has 3 aromatic rings. The Morgan fingerprint density at radius 2 is 1.47 bits per heavy atom. The van der Waals surface area contributed by atoms with Crippen molar-refractivity contribution in [2.24, 2.45) is 11.8 Å². The van der Waals surface area contributed by atoms with E-state index in [0.29, 0.717) is 15.7 Å². The lowest BCUT2D eigenvalue weighted by Crippen LogP contribution is -2.50. The molecule has 0 saturated carbocycles. The van der Waals surface area contributed by atoms with Crippen LogP contribution in [0.15, 0.2) is 72.8 Å². The van der Waals surface area contributed by atoms with Crippen molar-refractivity contribution in [3.63, 3.8) is 0 Å². The average molecular weight is 463 g/mol. The predicted molar refractivity (Wildman–Crippen MR) is 125 cm³/mol. The van der Waals surface area contributed by atoms with Gasteiger partial charge in [0, 0.05) is 11.6 Å². The minimum atomic E-state index is -0.493. The van der Waals surface area contributed by atoms with Gasteiger partial charge in [0.1, 0.15) is 0 Å². The topological polar surface area (TPSA) is 49.4 Å². The van der Waals surface area contributed by atoms with Gasteiger partial charge in [0.05, 0.1) is 27.6 Å². The molecule has 6 heteroatoms. The SMILES string of the molecule is O=C1[C@@H]2C(c3ccccc3)NC3(Cc4ccccc4C3)[C@@H]2C(=O)N1c1ccc(Cl)c(Cl)c1. The van der Waals surface area contributed by atoms with Crippen LogP contribution >= 0.6 is 23.2 Å². The van der Waals surface area contributed by atoms with Gasteiger partial charge in [-0.25, -0.2) is 4.90 Å². The number of hydrogen-bond donors (Lipinski definition) is 1. The van der Waals surface area contributed by atoms with E-state index < -0.39 is 17.4 Å². The molecular weight excluding hydrogens is 443 g/mol. The van der Waals surface area contributed by atoms with Crippen LogP contribution < -0.4 is 10.2 Å². The molecule has 1 spiro atoms. The summed E-state index contributed by atoms with van der Waals surface area (Å²) in [6, 6.07) is 22.9. The fourth-order valence-electron chi connectivity index (χ4n) is 5.89. The standard InChI is InChI=1S/C26H20Cl2N2O2/c27-19-11-10-18(12-20(19)28)30-24(31)21-22(25(30)32)26(13-16-8-4-5-9-17(16)14-26)29-23(21)15-6-2-1-3-7-15/h1-12,21-23,29H,13-14H2/t21-,22-,23?/m0/s1. The van der Waals surface area contributed by atoms with Crippen LogP contribution in [-0.4, -0.2) is 17.4 Å². The summed E-state index contributed by atoms with van der Waals surface area (Å²) in [4.78, 5) is 29.0. The fourth-order valence-corrected chi connectivity index (χ4v) is 6.19. The summed E-state index contributed by atoms with van der Waals surface area (Å²) in [6.45, 7) is 0. The largest absolute Gasteiger partial charge is 0.302 e. The van der Waals surface area contributed by atoms with Crippen molar-refractivity contribution in [2.75, 3.05) is 4.90 Å². The molecule has 6 rings (SSSR count). The van der Waals surface area contributed by atoms with Crippen LogP contribution in [0.25, 0.3) is 0 Å². The van der Waals surface area contributed by atoms with Gasteiger partial charge < -0.3 is 5.32 Å². The first-order valence-corrected chi connectivity index (χ1v) is 11.5. The van der Waals surface area contributed by atoms with Crippen LogP contribution in [-0.2, 0) is 22.4 Å². The van der Waals surface area contributed by atoms with Gasteiger partial charge in [0.25, 0.3) is 0 Å². The van der Waals surface area contributed by atoms with E-state index in [1.807, 2.05) is 42.5 Å². The maximum Gasteiger partial charge on any atom is 0.239 e. The van der Waals surface area contributed by atoms with Gasteiger partial charge in [-0.1, -0.05) is 77.8 Å². The Morgan fingerprint density at radius 3 is 2.12 bits per heavy atom. The summed E-state index contributed by atoms with van der Waals surface area (Å²) in [5.74, 6) is -1.29. The highest BCUT2D eigenvalue weighted by molar-refractivity contribution is 6.42. The normalized spacial score (nSPS) is 25.4. The van der Waals surface area contributed by atoms with Crippen LogP contribution in [0.2, 0.25) is 10.0 Å². The third-order valence-corrected chi connectivity index (χ3v) is 7.94. The van der Waals surface area contributed by atoms with Gasteiger partial charge in [-0.05, 0) is 47.7 Å². The summed E-state index contributed by atoms with van der Waals surface area (Å²) in [7, 11) is 0. The molecule has 2 saturated heterocycles. The highest BCUT2D eigenvalue weighted by Gasteiger charge is 2.66. The fraction of sp³-hybridized carbons (Fsp3) is 0.231. The Bertz CT molecular complexity index is 1230. The lowest BCUT2D eigenvalue weighted by molar-refractivity contribution is -0.123. The van der Waals surface area contributed by atoms with Crippen LogP contribution in [0.1, 0.15) is 22.7 Å². The summed E-state index contributed by atoms with van der Waals surface area (Å²) in [5.41, 5.74) is 3.47. The van der Waals surface area contributed by atoms with E-state index in [0.717, 1.165) is 18.4 Å². The second-order valence-electron chi connectivity index (χ2n) is 8.92. The number of nitrogens with zero attached hydrogens (tertiary/aromatic N) is 1. The van der Waals surface area contributed by atoms with Crippen molar-refractivity contribution >= 4 is 40.7 Å². The Balaban J connectivity index is 1.47. The van der Waals surface area contributed by atoms with Crippen molar-refractivity contribution in [1.29, 1.82) is 0 Å². The molecule has 32 heavy (non-hydrogen) atoms. The maximum atomic E-state index is 13.9. The molecule has 1 aliphatic carbocycles. The van der Waals surface area contributed by atoms with Crippen molar-refractivity contribution in [1.82, 2.24) is 5.32 Å². The minimum Gasteiger partial charge on any atom is -0.302 e. The Kier molecular flexibility index (Phi) is 4.48. The zero-order valence-corrected chi connectivity index (χ0v) is 18.6. The number of anilines is 1. The smallest absolute Gasteiger partial charge is 0.239 e. The third-order valence-electron chi connectivity index (χ3n) is 7.20. The van der Waals surface area contributed by atoms with Crippen molar-refractivity contribution in [3.8, 4) is 0 Å². The first-order valence-electron chi connectivity index (χ1n) is 10.7. The average Bonchev–Trinajstić information content (AvgIpc) is 3.42. The Labute approximate surface area is 196 Å². The molecular formula is C26H20Cl2N2O2. The molecule has 0 bridgehead atoms. The van der Waals surface area contributed by atoms with E-state index >= 15 is 0 Å². The second kappa shape index (κ2) is 7.17. The van der Waals surface area contributed by atoms with Crippen molar-refractivity contribution in [3.05, 3.63) is 99.5 Å². The molecule has 3 aliphatic rings. The van der Waals surface area contributed by atoms with E-state index in [1.165, 1.54) is 16.0 Å². The van der Waals surface area contributed by atoms with Crippen molar-refractivity contribution in [2.45, 2.75) is 24.4 Å². The predicted octanol–water partition coefficient (Wildman–Crippen LogP) is 4.98. The number of fused-ring (bicyclic) bond motifs is 3. The molecule has 160 valence electrons. The third kappa shape index (κ3) is 2.80. The molecule has 1 N–H and O–H groups in total. The van der Waals surface area contributed by atoms with Gasteiger partial charge in [-0.2, -0.15) is 0 Å². The van der Waals surface area contributed by atoms with Gasteiger partial charge >= 0.3 is 0 Å². The lowest BCUT2D eigenvalue weighted by Gasteiger charge is -2.31. The quantitative estimate of drug-likeness (QED) is 0.546. The summed E-state index contributed by atoms with van der Waals surface area (Å²) >= 11 is 12.3. The number of rotatable bonds is 2. The first-order chi connectivity index (χ1) is 15.5. The van der Waals surface area contributed by atoms with E-state index in [9.17, 15) is 9.59 Å². The highest BCUT2D eigenvalue weighted by Crippen LogP contribution is 2.54. The van der Waals surface area contributed by atoms with E-state index in [4.69, 9.17) is 23.2 Å². The number of benzene rings is 3. The van der Waals surface area contributed by atoms with Crippen LogP contribution in [0.5, 0.6) is 0 Å². The lowest BCUT2D eigenvalue weighted by atomic mass is 9.77. The number of amides is 2. The maximum absolute atomic E-state index is 13.9. The zero-order valence-electron chi connectivity index (χ0n) is 17.1. The van der Waals surface area contributed by atoms with Crippen LogP contribution in [0.4, 0.5) is 5.69 Å². The monoisotopic (exact) mass is 462 g/mol. The highest BCUT2D eigenvalue weighted by atomic mass is 35.5. The van der Waals surface area contributed by atoms with E-state index in [-0.39, 0.29) is 17.9 Å². The number of hydrogen-bond acceptors (Lipinski definition) is 3. The molecule has 2 fully saturated rings. The summed E-state index contributed by atoms with van der Waals surface area (Å²) in [6.07, 6.45) is 1.45. The van der Waals surface area contributed by atoms with Gasteiger partial charge in [0.2, 0.25) is 11.8 Å². The minimum absolute atomic E-state index is 0.169. The first kappa shape index (κ1) is 20.0. The summed E-state index contributed by atoms with van der Waals surface area (Å²) in [5, 5.41) is 4.48. The van der Waals surface area contributed by atoms with Gasteiger partial charge in [-0.3, -0.25) is 9.59 Å². The number of halogens is 2. The number of imide groups is 1. The molecule has 1 unspecified atom stereocenters. The second-order valence-corrected chi connectivity index (χ2v) is 9.74. The molecule has 4 nitrogen and oxygen atoms in total. The molecule has 3 atom stereocenters. The van der Waals surface area contributed by atoms with Gasteiger partial charge in [0.15, 0.2) is 0 Å². The molecule has 2 aliphatic heterocycles. The molecule has 0 aromatic heterocycles. The molecule has 0 radical (unpaired) electrons. The zero-order chi connectivity index (χ0) is 22.0. The number of nitrogens with one attached hydrogen (secondary N) is 1. The Hall–Kier alpha value is -2.66. The molecule has 2 amide bonds. The van der Waals surface area contributed by atoms with Crippen molar-refractivity contribution < 1.29 is 9.59 Å². The van der Waals surface area contributed by atoms with E-state index in [2.05, 4.69) is 17.4 Å². The molecule has 3 aromatic carbocycles. The Morgan fingerprint density at radius 1 is 0.812 bits per heavy atom. The van der Waals surface area contributed by atoms with Crippen LogP contribution in [0.3, 0.4) is 0 Å². The summed E-state index contributed by atoms with van der Waals surface area (Å²) < 4.78 is 0. The van der Waals surface area contributed by atoms with Gasteiger partial charge in [-0.15, -0.1) is 0 Å². The number of carbonyl (C=O) groups is 2. The molecule has 2 heterocycles. The van der Waals surface area contributed by atoms with E-state index in [1.54, 1.807) is 18.2 Å². The number of carbonyl (C=O) groups excluding carboxylic acids is 2. The van der Waals surface area contributed by atoms with Crippen LogP contribution in [0, 0.1) is 11.8 Å².